The van der Waals surface area contributed by atoms with E-state index in [1.54, 1.807) is 24.5 Å². The van der Waals surface area contributed by atoms with E-state index in [1.807, 2.05) is 59.7 Å². The molecule has 0 radical (unpaired) electrons. The standard InChI is InChI=1S/C24H24FN5O/c1-17(18-6-4-3-5-7-18)24(31)27-13-15-30-22(23-26-12-14-29(23)2)21(16-28-30)19-8-10-20(25)11-9-19/h3-12,14,16-17H,13,15H2,1-2H3,(H,27,31)/t17-/m0/s1. The summed E-state index contributed by atoms with van der Waals surface area (Å²) in [5.74, 6) is 0.198. The van der Waals surface area contributed by atoms with Gasteiger partial charge in [-0.2, -0.15) is 5.10 Å². The average Bonchev–Trinajstić information content (AvgIpc) is 3.40. The molecule has 0 aliphatic heterocycles. The molecule has 2 heterocycles. The minimum absolute atomic E-state index is 0.0318. The largest absolute Gasteiger partial charge is 0.354 e. The van der Waals surface area contributed by atoms with Crippen molar-refractivity contribution in [2.45, 2.75) is 19.4 Å². The second-order valence-corrected chi connectivity index (χ2v) is 7.42. The summed E-state index contributed by atoms with van der Waals surface area (Å²) >= 11 is 0. The van der Waals surface area contributed by atoms with E-state index in [9.17, 15) is 9.18 Å². The van der Waals surface area contributed by atoms with Crippen LogP contribution in [0.2, 0.25) is 0 Å². The van der Waals surface area contributed by atoms with Crippen molar-refractivity contribution in [3.05, 3.63) is 84.6 Å². The zero-order valence-corrected chi connectivity index (χ0v) is 17.5. The third-order valence-corrected chi connectivity index (χ3v) is 5.34. The number of carbonyl (C=O) groups is 1. The highest BCUT2D eigenvalue weighted by atomic mass is 19.1. The molecule has 0 unspecified atom stereocenters. The molecule has 2 aromatic heterocycles. The highest BCUT2D eigenvalue weighted by Crippen LogP contribution is 2.31. The summed E-state index contributed by atoms with van der Waals surface area (Å²) in [7, 11) is 1.91. The molecular formula is C24H24FN5O. The fourth-order valence-corrected chi connectivity index (χ4v) is 3.56. The summed E-state index contributed by atoms with van der Waals surface area (Å²) in [5.41, 5.74) is 3.52. The monoisotopic (exact) mass is 417 g/mol. The van der Waals surface area contributed by atoms with Crippen molar-refractivity contribution in [2.75, 3.05) is 6.54 Å². The molecule has 1 N–H and O–H groups in total. The Bertz CT molecular complexity index is 1160. The van der Waals surface area contributed by atoms with Gasteiger partial charge in [-0.1, -0.05) is 42.5 Å². The van der Waals surface area contributed by atoms with Crippen LogP contribution in [0.25, 0.3) is 22.6 Å². The normalized spacial score (nSPS) is 12.0. The second-order valence-electron chi connectivity index (χ2n) is 7.42. The lowest BCUT2D eigenvalue weighted by atomic mass is 10.0. The van der Waals surface area contributed by atoms with E-state index >= 15 is 0 Å². The smallest absolute Gasteiger partial charge is 0.227 e. The zero-order valence-electron chi connectivity index (χ0n) is 17.5. The molecule has 4 aromatic rings. The van der Waals surface area contributed by atoms with Gasteiger partial charge in [-0.3, -0.25) is 9.48 Å². The Labute approximate surface area is 180 Å². The first-order valence-corrected chi connectivity index (χ1v) is 10.2. The number of aryl methyl sites for hydroxylation is 1. The molecule has 0 saturated carbocycles. The molecule has 0 fully saturated rings. The summed E-state index contributed by atoms with van der Waals surface area (Å²) in [6.07, 6.45) is 5.35. The number of benzene rings is 2. The third kappa shape index (κ3) is 4.40. The number of halogens is 1. The quantitative estimate of drug-likeness (QED) is 0.494. The minimum Gasteiger partial charge on any atom is -0.354 e. The summed E-state index contributed by atoms with van der Waals surface area (Å²) in [6, 6.07) is 16.0. The van der Waals surface area contributed by atoms with E-state index in [4.69, 9.17) is 0 Å². The Hall–Kier alpha value is -3.74. The maximum absolute atomic E-state index is 13.4. The van der Waals surface area contributed by atoms with Crippen LogP contribution in [0.5, 0.6) is 0 Å². The lowest BCUT2D eigenvalue weighted by molar-refractivity contribution is -0.122. The molecule has 2 aromatic carbocycles. The van der Waals surface area contributed by atoms with Crippen molar-refractivity contribution >= 4 is 5.91 Å². The maximum atomic E-state index is 13.4. The van der Waals surface area contributed by atoms with E-state index in [-0.39, 0.29) is 17.6 Å². The van der Waals surface area contributed by atoms with Crippen LogP contribution in [0.1, 0.15) is 18.4 Å². The molecule has 0 saturated heterocycles. The van der Waals surface area contributed by atoms with Crippen LogP contribution >= 0.6 is 0 Å². The Morgan fingerprint density at radius 3 is 2.55 bits per heavy atom. The second kappa shape index (κ2) is 8.95. The zero-order chi connectivity index (χ0) is 21.8. The van der Waals surface area contributed by atoms with Crippen molar-refractivity contribution in [1.29, 1.82) is 0 Å². The van der Waals surface area contributed by atoms with E-state index in [1.165, 1.54) is 12.1 Å². The first-order valence-electron chi connectivity index (χ1n) is 10.2. The number of nitrogens with zero attached hydrogens (tertiary/aromatic N) is 4. The SMILES string of the molecule is C[C@H](C(=O)NCCn1ncc(-c2ccc(F)cc2)c1-c1nccn1C)c1ccccc1. The van der Waals surface area contributed by atoms with E-state index in [0.717, 1.165) is 28.2 Å². The summed E-state index contributed by atoms with van der Waals surface area (Å²) in [4.78, 5) is 17.0. The predicted octanol–water partition coefficient (Wildman–Crippen LogP) is 4.01. The van der Waals surface area contributed by atoms with Crippen molar-refractivity contribution in [1.82, 2.24) is 24.6 Å². The number of amides is 1. The molecule has 1 amide bonds. The van der Waals surface area contributed by atoms with Gasteiger partial charge >= 0.3 is 0 Å². The fraction of sp³-hybridized carbons (Fsp3) is 0.208. The van der Waals surface area contributed by atoms with Crippen molar-refractivity contribution in [2.24, 2.45) is 7.05 Å². The van der Waals surface area contributed by atoms with Crippen LogP contribution in [0.4, 0.5) is 4.39 Å². The van der Waals surface area contributed by atoms with E-state index in [0.29, 0.717) is 13.1 Å². The Morgan fingerprint density at radius 2 is 1.87 bits per heavy atom. The summed E-state index contributed by atoms with van der Waals surface area (Å²) < 4.78 is 17.1. The van der Waals surface area contributed by atoms with E-state index < -0.39 is 0 Å². The molecule has 0 aliphatic rings. The summed E-state index contributed by atoms with van der Waals surface area (Å²) in [6.45, 7) is 2.80. The Balaban J connectivity index is 1.54. The number of aromatic nitrogens is 4. The molecule has 6 nitrogen and oxygen atoms in total. The van der Waals surface area contributed by atoms with Crippen molar-refractivity contribution < 1.29 is 9.18 Å². The summed E-state index contributed by atoms with van der Waals surface area (Å²) in [5, 5.41) is 7.53. The highest BCUT2D eigenvalue weighted by molar-refractivity contribution is 5.83. The van der Waals surface area contributed by atoms with Gasteiger partial charge in [-0.15, -0.1) is 0 Å². The molecular weight excluding hydrogens is 393 g/mol. The highest BCUT2D eigenvalue weighted by Gasteiger charge is 2.19. The maximum Gasteiger partial charge on any atom is 0.227 e. The molecule has 158 valence electrons. The van der Waals surface area contributed by atoms with Crippen LogP contribution in [-0.2, 0) is 18.4 Å². The third-order valence-electron chi connectivity index (χ3n) is 5.34. The predicted molar refractivity (Wildman–Crippen MR) is 118 cm³/mol. The van der Waals surface area contributed by atoms with Gasteiger partial charge in [0.2, 0.25) is 5.91 Å². The topological polar surface area (TPSA) is 64.7 Å². The van der Waals surface area contributed by atoms with Gasteiger partial charge in [0.05, 0.1) is 18.7 Å². The molecule has 1 atom stereocenters. The van der Waals surface area contributed by atoms with Gasteiger partial charge < -0.3 is 9.88 Å². The first-order chi connectivity index (χ1) is 15.0. The number of rotatable bonds is 7. The number of nitrogens with one attached hydrogen (secondary N) is 1. The lowest BCUT2D eigenvalue weighted by Crippen LogP contribution is -2.31. The number of imidazole rings is 1. The van der Waals surface area contributed by atoms with Crippen molar-refractivity contribution in [3.63, 3.8) is 0 Å². The number of carbonyl (C=O) groups excluding carboxylic acids is 1. The van der Waals surface area contributed by atoms with E-state index in [2.05, 4.69) is 15.4 Å². The molecule has 31 heavy (non-hydrogen) atoms. The fourth-order valence-electron chi connectivity index (χ4n) is 3.56. The average molecular weight is 417 g/mol. The van der Waals surface area contributed by atoms with Gasteiger partial charge in [0.15, 0.2) is 5.82 Å². The van der Waals surface area contributed by atoms with Crippen LogP contribution in [-0.4, -0.2) is 31.8 Å². The van der Waals surface area contributed by atoms with Crippen molar-refractivity contribution in [3.8, 4) is 22.6 Å². The van der Waals surface area contributed by atoms with Gasteiger partial charge in [0.25, 0.3) is 0 Å². The van der Waals surface area contributed by atoms with Gasteiger partial charge in [0.1, 0.15) is 11.5 Å². The van der Waals surface area contributed by atoms with Gasteiger partial charge in [-0.05, 0) is 30.2 Å². The van der Waals surface area contributed by atoms with Gasteiger partial charge in [0, 0.05) is 31.5 Å². The minimum atomic E-state index is -0.287. The van der Waals surface area contributed by atoms with Crippen LogP contribution in [0, 0.1) is 5.82 Å². The van der Waals surface area contributed by atoms with Gasteiger partial charge in [-0.25, -0.2) is 9.37 Å². The van der Waals surface area contributed by atoms with Crippen LogP contribution in [0.3, 0.4) is 0 Å². The molecule has 0 aliphatic carbocycles. The molecule has 4 rings (SSSR count). The molecule has 0 spiro atoms. The van der Waals surface area contributed by atoms with Crippen LogP contribution in [0.15, 0.2) is 73.2 Å². The Morgan fingerprint density at radius 1 is 1.13 bits per heavy atom. The number of hydrogen-bond donors (Lipinski definition) is 1. The molecule has 0 bridgehead atoms. The Kier molecular flexibility index (Phi) is 5.93. The number of hydrogen-bond acceptors (Lipinski definition) is 3. The van der Waals surface area contributed by atoms with Crippen LogP contribution < -0.4 is 5.32 Å². The lowest BCUT2D eigenvalue weighted by Gasteiger charge is -2.14. The molecule has 7 heteroatoms. The first kappa shape index (κ1) is 20.5.